The minimum absolute atomic E-state index is 0.0136. The van der Waals surface area contributed by atoms with Crippen molar-refractivity contribution in [2.45, 2.75) is 38.3 Å². The zero-order valence-corrected chi connectivity index (χ0v) is 13.5. The molecule has 1 saturated heterocycles. The van der Waals surface area contributed by atoms with Crippen molar-refractivity contribution in [3.8, 4) is 0 Å². The minimum Gasteiger partial charge on any atom is -0.336 e. The van der Waals surface area contributed by atoms with Crippen molar-refractivity contribution in [1.29, 1.82) is 0 Å². The number of carbonyl (C=O) groups is 1. The first-order chi connectivity index (χ1) is 11.6. The number of nitrogens with zero attached hydrogens (tertiary/aromatic N) is 2. The van der Waals surface area contributed by atoms with Crippen LogP contribution >= 0.6 is 0 Å². The lowest BCUT2D eigenvalue weighted by molar-refractivity contribution is -0.135. The average molecular weight is 328 g/mol. The lowest BCUT2D eigenvalue weighted by atomic mass is 9.95. The summed E-state index contributed by atoms with van der Waals surface area (Å²) in [6.07, 6.45) is 4.80. The Hall–Kier alpha value is -2.43. The second-order valence-corrected chi connectivity index (χ2v) is 6.14. The molecule has 0 bridgehead atoms. The van der Waals surface area contributed by atoms with Crippen molar-refractivity contribution >= 4 is 5.91 Å². The van der Waals surface area contributed by atoms with Gasteiger partial charge in [-0.1, -0.05) is 18.2 Å². The van der Waals surface area contributed by atoms with Gasteiger partial charge in [0.15, 0.2) is 0 Å². The number of aryl methyl sites for hydroxylation is 1. The molecule has 1 aliphatic rings. The summed E-state index contributed by atoms with van der Waals surface area (Å²) in [5.41, 5.74) is 0.741. The second kappa shape index (κ2) is 7.43. The van der Waals surface area contributed by atoms with E-state index in [4.69, 9.17) is 0 Å². The van der Waals surface area contributed by atoms with Gasteiger partial charge < -0.3 is 9.47 Å². The fourth-order valence-corrected chi connectivity index (χ4v) is 3.30. The van der Waals surface area contributed by atoms with Gasteiger partial charge in [0.1, 0.15) is 5.82 Å². The third-order valence-electron chi connectivity index (χ3n) is 4.52. The van der Waals surface area contributed by atoms with Gasteiger partial charge in [0, 0.05) is 31.8 Å². The molecule has 0 N–H and O–H groups in total. The molecule has 4 nitrogen and oxygen atoms in total. The molecule has 1 aromatic heterocycles. The summed E-state index contributed by atoms with van der Waals surface area (Å²) in [6, 6.07) is 11.4. The molecule has 0 radical (unpaired) electrons. The number of carbonyl (C=O) groups excluding carboxylic acids is 1. The molecule has 0 aliphatic carbocycles. The lowest BCUT2D eigenvalue weighted by Gasteiger charge is -2.36. The molecule has 2 aromatic rings. The van der Waals surface area contributed by atoms with Crippen LogP contribution in [0.3, 0.4) is 0 Å². The minimum atomic E-state index is -0.277. The van der Waals surface area contributed by atoms with Crippen molar-refractivity contribution in [1.82, 2.24) is 9.47 Å². The number of benzene rings is 1. The first-order valence-corrected chi connectivity index (χ1v) is 8.35. The van der Waals surface area contributed by atoms with Gasteiger partial charge in [0.2, 0.25) is 5.91 Å². The Balaban J connectivity index is 1.72. The fourth-order valence-electron chi connectivity index (χ4n) is 3.30. The number of amides is 1. The topological polar surface area (TPSA) is 42.3 Å². The van der Waals surface area contributed by atoms with Gasteiger partial charge in [-0.15, -0.1) is 0 Å². The molecule has 1 aromatic carbocycles. The SMILES string of the molecule is O=C(CCn1ccccc1=O)N1CCCCC1c1cccc(F)c1. The van der Waals surface area contributed by atoms with E-state index >= 15 is 0 Å². The molecule has 1 amide bonds. The zero-order chi connectivity index (χ0) is 16.9. The summed E-state index contributed by atoms with van der Waals surface area (Å²) < 4.78 is 15.1. The average Bonchev–Trinajstić information content (AvgIpc) is 2.61. The molecule has 5 heteroatoms. The third-order valence-corrected chi connectivity index (χ3v) is 4.52. The molecule has 1 aliphatic heterocycles. The summed E-state index contributed by atoms with van der Waals surface area (Å²) >= 11 is 0. The van der Waals surface area contributed by atoms with Gasteiger partial charge in [-0.2, -0.15) is 0 Å². The van der Waals surface area contributed by atoms with E-state index in [0.29, 0.717) is 13.1 Å². The number of hydrogen-bond donors (Lipinski definition) is 0. The second-order valence-electron chi connectivity index (χ2n) is 6.14. The Morgan fingerprint density at radius 1 is 1.17 bits per heavy atom. The Kier molecular flexibility index (Phi) is 5.08. The van der Waals surface area contributed by atoms with Crippen LogP contribution in [0.2, 0.25) is 0 Å². The van der Waals surface area contributed by atoms with Crippen LogP contribution in [0.15, 0.2) is 53.5 Å². The number of piperidine rings is 1. The molecule has 1 atom stereocenters. The highest BCUT2D eigenvalue weighted by molar-refractivity contribution is 5.76. The van der Waals surface area contributed by atoms with E-state index in [1.807, 2.05) is 11.0 Å². The maximum absolute atomic E-state index is 13.5. The Bertz CT molecular complexity index is 772. The number of aromatic nitrogens is 1. The molecular formula is C19H21FN2O2. The zero-order valence-electron chi connectivity index (χ0n) is 13.5. The van der Waals surface area contributed by atoms with E-state index < -0.39 is 0 Å². The van der Waals surface area contributed by atoms with E-state index in [0.717, 1.165) is 24.8 Å². The molecule has 1 unspecified atom stereocenters. The molecule has 126 valence electrons. The molecule has 24 heavy (non-hydrogen) atoms. The number of rotatable bonds is 4. The van der Waals surface area contributed by atoms with Crippen molar-refractivity contribution in [3.05, 3.63) is 70.4 Å². The predicted octanol–water partition coefficient (Wildman–Crippen LogP) is 3.13. The highest BCUT2D eigenvalue weighted by Gasteiger charge is 2.27. The van der Waals surface area contributed by atoms with Crippen LogP contribution in [0.1, 0.15) is 37.3 Å². The van der Waals surface area contributed by atoms with Gasteiger partial charge in [-0.25, -0.2) is 4.39 Å². The number of pyridine rings is 1. The van der Waals surface area contributed by atoms with Crippen LogP contribution in [-0.4, -0.2) is 21.9 Å². The van der Waals surface area contributed by atoms with Gasteiger partial charge in [-0.05, 0) is 43.0 Å². The monoisotopic (exact) mass is 328 g/mol. The number of hydrogen-bond acceptors (Lipinski definition) is 2. The molecule has 0 saturated carbocycles. The quantitative estimate of drug-likeness (QED) is 0.865. The standard InChI is InChI=1S/C19H21FN2O2/c20-16-7-5-6-15(14-16)17-8-1-4-12-22(17)19(24)10-13-21-11-3-2-9-18(21)23/h2-3,5-7,9,11,14,17H,1,4,8,10,12-13H2. The van der Waals surface area contributed by atoms with Crippen molar-refractivity contribution in [2.75, 3.05) is 6.54 Å². The summed E-state index contributed by atoms with van der Waals surface area (Å²) in [6.45, 7) is 1.05. The van der Waals surface area contributed by atoms with E-state index in [9.17, 15) is 14.0 Å². The van der Waals surface area contributed by atoms with Crippen molar-refractivity contribution < 1.29 is 9.18 Å². The van der Waals surface area contributed by atoms with E-state index in [-0.39, 0.29) is 29.7 Å². The third kappa shape index (κ3) is 3.72. The largest absolute Gasteiger partial charge is 0.336 e. The Morgan fingerprint density at radius 2 is 2.04 bits per heavy atom. The lowest BCUT2D eigenvalue weighted by Crippen LogP contribution is -2.39. The first kappa shape index (κ1) is 16.4. The molecule has 0 spiro atoms. The number of likely N-dealkylation sites (tertiary alicyclic amines) is 1. The van der Waals surface area contributed by atoms with Gasteiger partial charge >= 0.3 is 0 Å². The Morgan fingerprint density at radius 3 is 2.83 bits per heavy atom. The molecule has 3 rings (SSSR count). The van der Waals surface area contributed by atoms with Crippen LogP contribution in [0.25, 0.3) is 0 Å². The summed E-state index contributed by atoms with van der Waals surface area (Å²) in [4.78, 5) is 26.2. The van der Waals surface area contributed by atoms with Gasteiger partial charge in [-0.3, -0.25) is 9.59 Å². The molecule has 2 heterocycles. The fraction of sp³-hybridized carbons (Fsp3) is 0.368. The summed E-state index contributed by atoms with van der Waals surface area (Å²) in [5.74, 6) is -0.263. The van der Waals surface area contributed by atoms with Crippen molar-refractivity contribution in [3.63, 3.8) is 0 Å². The van der Waals surface area contributed by atoms with Gasteiger partial charge in [0.05, 0.1) is 6.04 Å². The van der Waals surface area contributed by atoms with Crippen LogP contribution in [0.4, 0.5) is 4.39 Å². The van der Waals surface area contributed by atoms with Crippen LogP contribution in [0.5, 0.6) is 0 Å². The predicted molar refractivity (Wildman–Crippen MR) is 90.0 cm³/mol. The normalized spacial score (nSPS) is 17.7. The maximum Gasteiger partial charge on any atom is 0.250 e. The van der Waals surface area contributed by atoms with Crippen LogP contribution in [0, 0.1) is 5.82 Å². The van der Waals surface area contributed by atoms with Crippen molar-refractivity contribution in [2.24, 2.45) is 0 Å². The van der Waals surface area contributed by atoms with E-state index in [2.05, 4.69) is 0 Å². The smallest absolute Gasteiger partial charge is 0.250 e. The number of halogens is 1. The highest BCUT2D eigenvalue weighted by Crippen LogP contribution is 2.31. The summed E-state index contributed by atoms with van der Waals surface area (Å²) in [5, 5.41) is 0. The first-order valence-electron chi connectivity index (χ1n) is 8.35. The molecule has 1 fully saturated rings. The Labute approximate surface area is 140 Å². The summed E-state index contributed by atoms with van der Waals surface area (Å²) in [7, 11) is 0. The van der Waals surface area contributed by atoms with Crippen LogP contribution < -0.4 is 5.56 Å². The molecular weight excluding hydrogens is 307 g/mol. The van der Waals surface area contributed by atoms with Gasteiger partial charge in [0.25, 0.3) is 5.56 Å². The van der Waals surface area contributed by atoms with Crippen LogP contribution in [-0.2, 0) is 11.3 Å². The van der Waals surface area contributed by atoms with E-state index in [1.54, 1.807) is 29.0 Å². The highest BCUT2D eigenvalue weighted by atomic mass is 19.1. The van der Waals surface area contributed by atoms with E-state index in [1.165, 1.54) is 18.2 Å². The maximum atomic E-state index is 13.5.